The number of carbonyl (C=O) groups is 1. The van der Waals surface area contributed by atoms with Crippen LogP contribution in [0.2, 0.25) is 0 Å². The van der Waals surface area contributed by atoms with Crippen LogP contribution in [0.25, 0.3) is 0 Å². The number of carbonyl (C=O) groups excluding carboxylic acids is 1. The van der Waals surface area contributed by atoms with Crippen LogP contribution in [-0.2, 0) is 14.8 Å². The second-order valence-electron chi connectivity index (χ2n) is 6.34. The summed E-state index contributed by atoms with van der Waals surface area (Å²) >= 11 is 3.30. The summed E-state index contributed by atoms with van der Waals surface area (Å²) < 4.78 is 27.7. The second kappa shape index (κ2) is 7.85. The molecule has 1 aromatic carbocycles. The van der Waals surface area contributed by atoms with Crippen LogP contribution in [-0.4, -0.2) is 36.7 Å². The first-order valence-corrected chi connectivity index (χ1v) is 10.6. The van der Waals surface area contributed by atoms with Gasteiger partial charge in [-0.2, -0.15) is 4.31 Å². The van der Waals surface area contributed by atoms with Crippen LogP contribution in [0.3, 0.4) is 0 Å². The summed E-state index contributed by atoms with van der Waals surface area (Å²) in [5.41, 5.74) is 1.01. The third-order valence-corrected chi connectivity index (χ3v) is 6.84. The molecule has 26 heavy (non-hydrogen) atoms. The summed E-state index contributed by atoms with van der Waals surface area (Å²) in [6, 6.07) is 10.4. The molecule has 1 amide bonds. The first-order chi connectivity index (χ1) is 12.4. The van der Waals surface area contributed by atoms with Crippen LogP contribution < -0.4 is 5.32 Å². The largest absolute Gasteiger partial charge is 0.310 e. The number of sulfonamides is 1. The predicted octanol–water partition coefficient (Wildman–Crippen LogP) is 3.19. The minimum Gasteiger partial charge on any atom is -0.310 e. The third kappa shape index (κ3) is 4.31. The molecular formula is C18H20BrN3O3S. The maximum Gasteiger partial charge on any atom is 0.243 e. The van der Waals surface area contributed by atoms with Gasteiger partial charge in [0.25, 0.3) is 0 Å². The number of pyridine rings is 1. The van der Waals surface area contributed by atoms with Gasteiger partial charge in [-0.3, -0.25) is 4.79 Å². The van der Waals surface area contributed by atoms with Crippen LogP contribution >= 0.6 is 15.9 Å². The van der Waals surface area contributed by atoms with Gasteiger partial charge in [-0.1, -0.05) is 17.7 Å². The van der Waals surface area contributed by atoms with E-state index in [-0.39, 0.29) is 11.8 Å². The molecule has 0 unspecified atom stereocenters. The van der Waals surface area contributed by atoms with Gasteiger partial charge < -0.3 is 5.32 Å². The number of hydrogen-bond donors (Lipinski definition) is 1. The zero-order chi connectivity index (χ0) is 18.7. The number of anilines is 1. The van der Waals surface area contributed by atoms with Gasteiger partial charge in [-0.25, -0.2) is 13.4 Å². The van der Waals surface area contributed by atoms with E-state index >= 15 is 0 Å². The molecule has 8 heteroatoms. The van der Waals surface area contributed by atoms with E-state index in [1.165, 1.54) is 4.31 Å². The summed E-state index contributed by atoms with van der Waals surface area (Å²) in [6.07, 6.45) is 2.60. The van der Waals surface area contributed by atoms with Gasteiger partial charge in [0, 0.05) is 29.7 Å². The number of nitrogens with one attached hydrogen (secondary N) is 1. The lowest BCUT2D eigenvalue weighted by molar-refractivity contribution is -0.120. The average molecular weight is 438 g/mol. The summed E-state index contributed by atoms with van der Waals surface area (Å²) in [7, 11) is -3.51. The highest BCUT2D eigenvalue weighted by molar-refractivity contribution is 9.10. The molecular weight excluding hydrogens is 418 g/mol. The monoisotopic (exact) mass is 437 g/mol. The minimum absolute atomic E-state index is 0.118. The molecule has 1 aliphatic rings. The lowest BCUT2D eigenvalue weighted by Crippen LogP contribution is -2.41. The van der Waals surface area contributed by atoms with E-state index in [1.807, 2.05) is 6.92 Å². The van der Waals surface area contributed by atoms with Crippen molar-refractivity contribution in [3.63, 3.8) is 0 Å². The van der Waals surface area contributed by atoms with Crippen molar-refractivity contribution >= 4 is 37.7 Å². The van der Waals surface area contributed by atoms with Crippen molar-refractivity contribution in [3.05, 3.63) is 52.6 Å². The highest BCUT2D eigenvalue weighted by Crippen LogP contribution is 2.25. The lowest BCUT2D eigenvalue weighted by atomic mass is 9.97. The fraction of sp³-hybridized carbons (Fsp3) is 0.333. The van der Waals surface area contributed by atoms with Crippen molar-refractivity contribution in [2.75, 3.05) is 18.4 Å². The van der Waals surface area contributed by atoms with Gasteiger partial charge in [-0.05, 0) is 60.0 Å². The maximum absolute atomic E-state index is 12.7. The number of rotatable bonds is 4. The SMILES string of the molecule is Cc1ccc(S(=O)(=O)N2CCC(C(=O)Nc3ccc(Br)cn3)CC2)cc1. The Morgan fingerprint density at radius 2 is 1.81 bits per heavy atom. The molecule has 0 saturated carbocycles. The quantitative estimate of drug-likeness (QED) is 0.796. The molecule has 1 fully saturated rings. The van der Waals surface area contributed by atoms with E-state index in [2.05, 4.69) is 26.2 Å². The Balaban J connectivity index is 1.60. The zero-order valence-electron chi connectivity index (χ0n) is 14.4. The molecule has 0 atom stereocenters. The van der Waals surface area contributed by atoms with Crippen LogP contribution in [0.1, 0.15) is 18.4 Å². The fourth-order valence-corrected chi connectivity index (χ4v) is 4.60. The molecule has 1 saturated heterocycles. The van der Waals surface area contributed by atoms with E-state index in [0.717, 1.165) is 10.0 Å². The van der Waals surface area contributed by atoms with E-state index in [1.54, 1.807) is 42.6 Å². The molecule has 2 aromatic rings. The Hall–Kier alpha value is -1.77. The fourth-order valence-electron chi connectivity index (χ4n) is 2.90. The Kier molecular flexibility index (Phi) is 5.74. The molecule has 1 N–H and O–H groups in total. The van der Waals surface area contributed by atoms with Gasteiger partial charge in [-0.15, -0.1) is 0 Å². The number of halogens is 1. The number of hydrogen-bond acceptors (Lipinski definition) is 4. The Morgan fingerprint density at radius 1 is 1.15 bits per heavy atom. The van der Waals surface area contributed by atoms with E-state index in [4.69, 9.17) is 0 Å². The summed E-state index contributed by atoms with van der Waals surface area (Å²) in [6.45, 7) is 2.59. The van der Waals surface area contributed by atoms with Crippen molar-refractivity contribution in [3.8, 4) is 0 Å². The molecule has 0 aliphatic carbocycles. The minimum atomic E-state index is -3.51. The molecule has 6 nitrogen and oxygen atoms in total. The molecule has 0 bridgehead atoms. The Labute approximate surface area is 161 Å². The summed E-state index contributed by atoms with van der Waals surface area (Å²) in [5, 5.41) is 2.79. The van der Waals surface area contributed by atoms with Crippen molar-refractivity contribution in [1.29, 1.82) is 0 Å². The number of aromatic nitrogens is 1. The van der Waals surface area contributed by atoms with Gasteiger partial charge in [0.05, 0.1) is 4.90 Å². The zero-order valence-corrected chi connectivity index (χ0v) is 16.8. The first kappa shape index (κ1) is 19.0. The number of aryl methyl sites for hydroxylation is 1. The van der Waals surface area contributed by atoms with Gasteiger partial charge in [0.2, 0.25) is 15.9 Å². The molecule has 0 spiro atoms. The van der Waals surface area contributed by atoms with Crippen molar-refractivity contribution < 1.29 is 13.2 Å². The molecule has 1 aromatic heterocycles. The molecule has 138 valence electrons. The van der Waals surface area contributed by atoms with Crippen molar-refractivity contribution in [2.45, 2.75) is 24.7 Å². The van der Waals surface area contributed by atoms with Crippen molar-refractivity contribution in [2.24, 2.45) is 5.92 Å². The number of nitrogens with zero attached hydrogens (tertiary/aromatic N) is 2. The molecule has 2 heterocycles. The van der Waals surface area contributed by atoms with Gasteiger partial charge >= 0.3 is 0 Å². The van der Waals surface area contributed by atoms with Gasteiger partial charge in [0.1, 0.15) is 5.82 Å². The van der Waals surface area contributed by atoms with Crippen LogP contribution in [0.15, 0.2) is 52.0 Å². The van der Waals surface area contributed by atoms with Crippen LogP contribution in [0.5, 0.6) is 0 Å². The van der Waals surface area contributed by atoms with Crippen LogP contribution in [0.4, 0.5) is 5.82 Å². The number of piperidine rings is 1. The molecule has 0 radical (unpaired) electrons. The highest BCUT2D eigenvalue weighted by atomic mass is 79.9. The summed E-state index contributed by atoms with van der Waals surface area (Å²) in [5.74, 6) is 0.157. The Morgan fingerprint density at radius 3 is 2.38 bits per heavy atom. The maximum atomic E-state index is 12.7. The standard InChI is InChI=1S/C18H20BrN3O3S/c1-13-2-5-16(6-3-13)26(24,25)22-10-8-14(9-11-22)18(23)21-17-7-4-15(19)12-20-17/h2-7,12,14H,8-11H2,1H3,(H,20,21,23). The van der Waals surface area contributed by atoms with E-state index in [9.17, 15) is 13.2 Å². The highest BCUT2D eigenvalue weighted by Gasteiger charge is 2.32. The Bertz CT molecular complexity index is 875. The average Bonchev–Trinajstić information content (AvgIpc) is 2.64. The molecule has 3 rings (SSSR count). The topological polar surface area (TPSA) is 79.4 Å². The molecule has 1 aliphatic heterocycles. The smallest absolute Gasteiger partial charge is 0.243 e. The number of amides is 1. The van der Waals surface area contributed by atoms with E-state index < -0.39 is 10.0 Å². The third-order valence-electron chi connectivity index (χ3n) is 4.46. The van der Waals surface area contributed by atoms with Gasteiger partial charge in [0.15, 0.2) is 0 Å². The predicted molar refractivity (Wildman–Crippen MR) is 103 cm³/mol. The van der Waals surface area contributed by atoms with Crippen LogP contribution in [0, 0.1) is 12.8 Å². The second-order valence-corrected chi connectivity index (χ2v) is 9.20. The lowest BCUT2D eigenvalue weighted by Gasteiger charge is -2.30. The number of benzene rings is 1. The van der Waals surface area contributed by atoms with Crippen molar-refractivity contribution in [1.82, 2.24) is 9.29 Å². The summed E-state index contributed by atoms with van der Waals surface area (Å²) in [4.78, 5) is 16.8. The first-order valence-electron chi connectivity index (χ1n) is 8.35. The van der Waals surface area contributed by atoms with E-state index in [0.29, 0.717) is 36.6 Å². The normalized spacial score (nSPS) is 16.4.